The number of halogens is 5. The third-order valence-electron chi connectivity index (χ3n) is 4.30. The standard InChI is InChI=1S/C15H17F5O4S/c1-4-9(24-6-8-5-14(8,17)18)11-10(7(2)25(3,22)23)13(21)15(19,20)12(11)16/h4,8,12-13,21H,1,5-6H2,2-3H3/b10-7-,11-9?/t8-,12+,13-/m0/s1. The van der Waals surface area contributed by atoms with E-state index in [1.807, 2.05) is 0 Å². The lowest BCUT2D eigenvalue weighted by Crippen LogP contribution is -2.35. The molecule has 2 fully saturated rings. The molecule has 0 spiro atoms. The van der Waals surface area contributed by atoms with Crippen LogP contribution in [0, 0.1) is 5.92 Å². The van der Waals surface area contributed by atoms with Crippen LogP contribution in [0.25, 0.3) is 0 Å². The van der Waals surface area contributed by atoms with Crippen LogP contribution in [-0.2, 0) is 14.6 Å². The third-order valence-corrected chi connectivity index (χ3v) is 5.63. The molecule has 2 aliphatic rings. The Hall–Kier alpha value is -1.42. The fourth-order valence-electron chi connectivity index (χ4n) is 2.53. The van der Waals surface area contributed by atoms with Crippen molar-refractivity contribution in [3.63, 3.8) is 0 Å². The first-order valence-corrected chi connectivity index (χ1v) is 9.12. The summed E-state index contributed by atoms with van der Waals surface area (Å²) in [7, 11) is -4.03. The molecule has 25 heavy (non-hydrogen) atoms. The molecular weight excluding hydrogens is 371 g/mol. The predicted molar refractivity (Wildman–Crippen MR) is 79.6 cm³/mol. The molecule has 0 aromatic heterocycles. The van der Waals surface area contributed by atoms with Gasteiger partial charge in [-0.25, -0.2) is 21.6 Å². The Balaban J connectivity index is 2.54. The van der Waals surface area contributed by atoms with Gasteiger partial charge in [0.2, 0.25) is 0 Å². The lowest BCUT2D eigenvalue weighted by atomic mass is 10.1. The highest BCUT2D eigenvalue weighted by atomic mass is 32.2. The smallest absolute Gasteiger partial charge is 0.312 e. The molecule has 2 aliphatic carbocycles. The average molecular weight is 388 g/mol. The van der Waals surface area contributed by atoms with Crippen molar-refractivity contribution < 1.29 is 40.2 Å². The van der Waals surface area contributed by atoms with Gasteiger partial charge in [0, 0.05) is 28.7 Å². The third kappa shape index (κ3) is 3.46. The van der Waals surface area contributed by atoms with Crippen LogP contribution in [0.3, 0.4) is 0 Å². The van der Waals surface area contributed by atoms with E-state index in [1.54, 1.807) is 0 Å². The predicted octanol–water partition coefficient (Wildman–Crippen LogP) is 2.76. The average Bonchev–Trinajstić information content (AvgIpc) is 3.05. The molecule has 142 valence electrons. The summed E-state index contributed by atoms with van der Waals surface area (Å²) in [5, 5.41) is 9.75. The first-order chi connectivity index (χ1) is 11.2. The van der Waals surface area contributed by atoms with Gasteiger partial charge in [-0.15, -0.1) is 0 Å². The maximum Gasteiger partial charge on any atom is 0.312 e. The van der Waals surface area contributed by atoms with Crippen molar-refractivity contribution in [1.29, 1.82) is 0 Å². The molecule has 0 aliphatic heterocycles. The van der Waals surface area contributed by atoms with E-state index < -0.39 is 74.7 Å². The van der Waals surface area contributed by atoms with Gasteiger partial charge in [-0.2, -0.15) is 8.78 Å². The lowest BCUT2D eigenvalue weighted by Gasteiger charge is -2.15. The highest BCUT2D eigenvalue weighted by molar-refractivity contribution is 7.94. The molecule has 0 radical (unpaired) electrons. The van der Waals surface area contributed by atoms with E-state index in [-0.39, 0.29) is 0 Å². The number of aliphatic hydroxyl groups is 1. The molecule has 3 atom stereocenters. The van der Waals surface area contributed by atoms with E-state index in [2.05, 4.69) is 6.58 Å². The van der Waals surface area contributed by atoms with Gasteiger partial charge in [-0.1, -0.05) is 6.58 Å². The zero-order chi connectivity index (χ0) is 19.4. The molecule has 0 saturated heterocycles. The van der Waals surface area contributed by atoms with Gasteiger partial charge >= 0.3 is 5.92 Å². The van der Waals surface area contributed by atoms with Crippen molar-refractivity contribution in [3.8, 4) is 0 Å². The molecule has 2 saturated carbocycles. The van der Waals surface area contributed by atoms with Crippen LogP contribution in [-0.4, -0.2) is 50.5 Å². The van der Waals surface area contributed by atoms with Crippen molar-refractivity contribution in [1.82, 2.24) is 0 Å². The van der Waals surface area contributed by atoms with Crippen molar-refractivity contribution in [2.45, 2.75) is 37.5 Å². The topological polar surface area (TPSA) is 63.6 Å². The molecular formula is C15H17F5O4S. The van der Waals surface area contributed by atoms with Gasteiger partial charge in [0.15, 0.2) is 16.0 Å². The first kappa shape index (κ1) is 19.9. The maximum absolute atomic E-state index is 14.3. The van der Waals surface area contributed by atoms with E-state index in [0.29, 0.717) is 6.26 Å². The molecule has 10 heteroatoms. The SMILES string of the molecule is C=CC(OC[C@@H]1CC1(F)F)=C1/C(=C(\C)S(C)(=O)=O)[C@H](O)C(F)(F)[C@@H]1F. The normalized spacial score (nSPS) is 34.5. The number of hydrogen-bond acceptors (Lipinski definition) is 4. The second-order valence-corrected chi connectivity index (χ2v) is 8.29. The van der Waals surface area contributed by atoms with Crippen molar-refractivity contribution in [3.05, 3.63) is 34.5 Å². The van der Waals surface area contributed by atoms with E-state index >= 15 is 0 Å². The summed E-state index contributed by atoms with van der Waals surface area (Å²) in [6.07, 6.45) is -4.69. The monoisotopic (exact) mass is 388 g/mol. The largest absolute Gasteiger partial charge is 0.493 e. The summed E-state index contributed by atoms with van der Waals surface area (Å²) in [5.74, 6) is -8.97. The van der Waals surface area contributed by atoms with Crippen molar-refractivity contribution >= 4 is 9.84 Å². The number of alkyl halides is 5. The Kier molecular flexibility index (Phi) is 4.84. The van der Waals surface area contributed by atoms with Crippen LogP contribution >= 0.6 is 0 Å². The minimum Gasteiger partial charge on any atom is -0.493 e. The molecule has 0 heterocycles. The van der Waals surface area contributed by atoms with Crippen molar-refractivity contribution in [2.24, 2.45) is 5.92 Å². The summed E-state index contributed by atoms with van der Waals surface area (Å²) in [4.78, 5) is -0.658. The zero-order valence-corrected chi connectivity index (χ0v) is 14.2. The Morgan fingerprint density at radius 3 is 2.28 bits per heavy atom. The number of ether oxygens (including phenoxy) is 1. The summed E-state index contributed by atoms with van der Waals surface area (Å²) < 4.78 is 96.3. The van der Waals surface area contributed by atoms with Crippen LogP contribution < -0.4 is 0 Å². The number of hydrogen-bond donors (Lipinski definition) is 1. The first-order valence-electron chi connectivity index (χ1n) is 7.23. The maximum atomic E-state index is 14.3. The van der Waals surface area contributed by atoms with E-state index in [4.69, 9.17) is 4.74 Å². The summed E-state index contributed by atoms with van der Waals surface area (Å²) in [6.45, 7) is 3.64. The second kappa shape index (κ2) is 6.08. The molecule has 0 aromatic carbocycles. The van der Waals surface area contributed by atoms with Crippen LogP contribution in [0.1, 0.15) is 13.3 Å². The molecule has 0 bridgehead atoms. The fraction of sp³-hybridized carbons (Fsp3) is 0.600. The van der Waals surface area contributed by atoms with Crippen LogP contribution in [0.2, 0.25) is 0 Å². The minimum absolute atomic E-state index is 0.449. The van der Waals surface area contributed by atoms with Crippen LogP contribution in [0.5, 0.6) is 0 Å². The van der Waals surface area contributed by atoms with Gasteiger partial charge in [0.05, 0.1) is 12.5 Å². The van der Waals surface area contributed by atoms with Gasteiger partial charge < -0.3 is 9.84 Å². The summed E-state index contributed by atoms with van der Waals surface area (Å²) >= 11 is 0. The molecule has 2 rings (SSSR count). The fourth-order valence-corrected chi connectivity index (χ4v) is 3.16. The van der Waals surface area contributed by atoms with E-state index in [9.17, 15) is 35.5 Å². The summed E-state index contributed by atoms with van der Waals surface area (Å²) in [5.41, 5.74) is -1.73. The number of allylic oxidation sites excluding steroid dienone is 2. The highest BCUT2D eigenvalue weighted by Gasteiger charge is 2.61. The molecule has 0 unspecified atom stereocenters. The van der Waals surface area contributed by atoms with Gasteiger partial charge in [-0.3, -0.25) is 0 Å². The highest BCUT2D eigenvalue weighted by Crippen LogP contribution is 2.50. The summed E-state index contributed by atoms with van der Waals surface area (Å²) in [6, 6.07) is 0. The molecule has 4 nitrogen and oxygen atoms in total. The lowest BCUT2D eigenvalue weighted by molar-refractivity contribution is -0.111. The molecule has 0 amide bonds. The Morgan fingerprint density at radius 2 is 1.88 bits per heavy atom. The Labute approximate surface area is 141 Å². The quantitative estimate of drug-likeness (QED) is 0.581. The van der Waals surface area contributed by atoms with Gasteiger partial charge in [0.25, 0.3) is 5.92 Å². The van der Waals surface area contributed by atoms with Gasteiger partial charge in [-0.05, 0) is 13.0 Å². The van der Waals surface area contributed by atoms with Crippen LogP contribution in [0.15, 0.2) is 34.5 Å². The Bertz CT molecular complexity index is 754. The number of rotatable bonds is 5. The van der Waals surface area contributed by atoms with E-state index in [1.165, 1.54) is 0 Å². The van der Waals surface area contributed by atoms with Gasteiger partial charge in [0.1, 0.15) is 11.9 Å². The number of sulfone groups is 1. The Morgan fingerprint density at radius 1 is 1.36 bits per heavy atom. The number of aliphatic hydroxyl groups excluding tert-OH is 1. The zero-order valence-electron chi connectivity index (χ0n) is 13.4. The minimum atomic E-state index is -4.29. The second-order valence-electron chi connectivity index (χ2n) is 6.14. The van der Waals surface area contributed by atoms with Crippen LogP contribution in [0.4, 0.5) is 22.0 Å². The molecule has 1 N–H and O–H groups in total. The van der Waals surface area contributed by atoms with E-state index in [0.717, 1.165) is 13.0 Å². The molecule has 0 aromatic rings. The van der Waals surface area contributed by atoms with Crippen molar-refractivity contribution in [2.75, 3.05) is 12.9 Å².